The summed E-state index contributed by atoms with van der Waals surface area (Å²) in [5.74, 6) is 0.692. The average molecular weight is 272 g/mol. The highest BCUT2D eigenvalue weighted by molar-refractivity contribution is 7.99. The Bertz CT molecular complexity index is 427. The zero-order valence-corrected chi connectivity index (χ0v) is 10.6. The first-order valence-electron chi connectivity index (χ1n) is 5.24. The van der Waals surface area contributed by atoms with Crippen LogP contribution in [0.25, 0.3) is 0 Å². The van der Waals surface area contributed by atoms with Gasteiger partial charge in [0.15, 0.2) is 0 Å². The van der Waals surface area contributed by atoms with Crippen molar-refractivity contribution in [2.45, 2.75) is 18.9 Å². The number of carbonyl (C=O) groups is 2. The summed E-state index contributed by atoms with van der Waals surface area (Å²) < 4.78 is 0. The number of aromatic nitrogens is 1. The number of rotatable bonds is 3. The van der Waals surface area contributed by atoms with Crippen molar-refractivity contribution in [1.82, 2.24) is 10.3 Å². The summed E-state index contributed by atoms with van der Waals surface area (Å²) in [6.45, 7) is 0. The summed E-state index contributed by atoms with van der Waals surface area (Å²) in [5, 5.41) is 13.0. The molecule has 1 aromatic rings. The number of aromatic carboxylic acids is 1. The summed E-state index contributed by atoms with van der Waals surface area (Å²) >= 11 is 2.79. The van der Waals surface area contributed by atoms with Crippen molar-refractivity contribution in [2.24, 2.45) is 0 Å². The van der Waals surface area contributed by atoms with E-state index in [0.717, 1.165) is 35.7 Å². The number of hydrogen-bond acceptors (Lipinski definition) is 5. The van der Waals surface area contributed by atoms with Crippen molar-refractivity contribution in [1.29, 1.82) is 0 Å². The zero-order chi connectivity index (χ0) is 12.3. The minimum absolute atomic E-state index is 0.0480. The van der Waals surface area contributed by atoms with Crippen LogP contribution in [-0.4, -0.2) is 39.5 Å². The molecular formula is C10H12N2O3S2. The Kier molecular flexibility index (Phi) is 4.01. The molecule has 1 aliphatic rings. The van der Waals surface area contributed by atoms with Gasteiger partial charge in [-0.2, -0.15) is 11.8 Å². The van der Waals surface area contributed by atoms with Crippen molar-refractivity contribution in [3.63, 3.8) is 0 Å². The first-order valence-corrected chi connectivity index (χ1v) is 7.27. The molecule has 17 heavy (non-hydrogen) atoms. The molecule has 1 aromatic heterocycles. The normalized spacial score (nSPS) is 19.9. The SMILES string of the molecule is O=C(NC1CCCSC1)c1csc(C(=O)O)n1. The number of nitrogens with one attached hydrogen (secondary N) is 1. The van der Waals surface area contributed by atoms with Crippen molar-refractivity contribution < 1.29 is 14.7 Å². The van der Waals surface area contributed by atoms with Gasteiger partial charge in [0.05, 0.1) is 0 Å². The first-order chi connectivity index (χ1) is 8.16. The Balaban J connectivity index is 1.96. The summed E-state index contributed by atoms with van der Waals surface area (Å²) in [5.41, 5.74) is 0.197. The van der Waals surface area contributed by atoms with Crippen LogP contribution < -0.4 is 5.32 Å². The number of amides is 1. The van der Waals surface area contributed by atoms with Gasteiger partial charge in [0.25, 0.3) is 5.91 Å². The predicted octanol–water partition coefficient (Wildman–Crippen LogP) is 1.47. The van der Waals surface area contributed by atoms with E-state index >= 15 is 0 Å². The number of hydrogen-bond donors (Lipinski definition) is 2. The Morgan fingerprint density at radius 3 is 2.94 bits per heavy atom. The second-order valence-corrected chi connectivity index (χ2v) is 5.74. The highest BCUT2D eigenvalue weighted by atomic mass is 32.2. The second kappa shape index (κ2) is 5.50. The van der Waals surface area contributed by atoms with Gasteiger partial charge in [0, 0.05) is 17.2 Å². The summed E-state index contributed by atoms with van der Waals surface area (Å²) in [6.07, 6.45) is 2.09. The molecule has 0 bridgehead atoms. The van der Waals surface area contributed by atoms with Gasteiger partial charge < -0.3 is 10.4 Å². The van der Waals surface area contributed by atoms with E-state index in [1.165, 1.54) is 5.38 Å². The van der Waals surface area contributed by atoms with E-state index in [1.54, 1.807) is 0 Å². The third-order valence-corrected chi connectivity index (χ3v) is 4.46. The molecule has 1 atom stereocenters. The highest BCUT2D eigenvalue weighted by Crippen LogP contribution is 2.17. The molecule has 92 valence electrons. The van der Waals surface area contributed by atoms with Gasteiger partial charge in [-0.05, 0) is 18.6 Å². The van der Waals surface area contributed by atoms with Crippen LogP contribution in [0.3, 0.4) is 0 Å². The topological polar surface area (TPSA) is 79.3 Å². The molecule has 1 amide bonds. The van der Waals surface area contributed by atoms with E-state index < -0.39 is 5.97 Å². The van der Waals surface area contributed by atoms with Gasteiger partial charge >= 0.3 is 5.97 Å². The van der Waals surface area contributed by atoms with Gasteiger partial charge in [-0.25, -0.2) is 9.78 Å². The highest BCUT2D eigenvalue weighted by Gasteiger charge is 2.19. The maximum atomic E-state index is 11.8. The average Bonchev–Trinajstić information content (AvgIpc) is 2.79. The van der Waals surface area contributed by atoms with E-state index in [2.05, 4.69) is 10.3 Å². The number of carboxylic acids is 1. The number of thiazole rings is 1. The van der Waals surface area contributed by atoms with Crippen LogP contribution in [0.5, 0.6) is 0 Å². The van der Waals surface area contributed by atoms with Crippen LogP contribution in [0.15, 0.2) is 5.38 Å². The minimum Gasteiger partial charge on any atom is -0.476 e. The summed E-state index contributed by atoms with van der Waals surface area (Å²) in [7, 11) is 0. The van der Waals surface area contributed by atoms with E-state index in [0.29, 0.717) is 0 Å². The van der Waals surface area contributed by atoms with Crippen molar-refractivity contribution in [3.8, 4) is 0 Å². The molecule has 1 aliphatic heterocycles. The second-order valence-electron chi connectivity index (χ2n) is 3.73. The lowest BCUT2D eigenvalue weighted by Gasteiger charge is -2.21. The van der Waals surface area contributed by atoms with E-state index in [-0.39, 0.29) is 22.7 Å². The molecule has 1 fully saturated rings. The number of carbonyl (C=O) groups excluding carboxylic acids is 1. The lowest BCUT2D eigenvalue weighted by molar-refractivity contribution is 0.0696. The quantitative estimate of drug-likeness (QED) is 0.871. The molecule has 0 aromatic carbocycles. The lowest BCUT2D eigenvalue weighted by Crippen LogP contribution is -2.38. The smallest absolute Gasteiger partial charge is 0.365 e. The number of carboxylic acid groups (broad SMARTS) is 1. The van der Waals surface area contributed by atoms with E-state index in [4.69, 9.17) is 5.11 Å². The molecule has 1 unspecified atom stereocenters. The lowest BCUT2D eigenvalue weighted by atomic mass is 10.2. The molecule has 0 aliphatic carbocycles. The molecule has 1 saturated heterocycles. The van der Waals surface area contributed by atoms with Crippen molar-refractivity contribution in [3.05, 3.63) is 16.1 Å². The van der Waals surface area contributed by atoms with Crippen LogP contribution >= 0.6 is 23.1 Å². The minimum atomic E-state index is -1.10. The van der Waals surface area contributed by atoms with Gasteiger partial charge in [-0.3, -0.25) is 4.79 Å². The predicted molar refractivity (Wildman–Crippen MR) is 66.9 cm³/mol. The largest absolute Gasteiger partial charge is 0.476 e. The third-order valence-electron chi connectivity index (χ3n) is 2.42. The van der Waals surface area contributed by atoms with Crippen LogP contribution in [0.4, 0.5) is 0 Å². The number of thioether (sulfide) groups is 1. The summed E-state index contributed by atoms with van der Waals surface area (Å²) in [6, 6.07) is 0.177. The molecule has 5 nitrogen and oxygen atoms in total. The molecule has 0 spiro atoms. The molecule has 0 saturated carbocycles. The van der Waals surface area contributed by atoms with Crippen LogP contribution in [0, 0.1) is 0 Å². The number of nitrogens with zero attached hydrogens (tertiary/aromatic N) is 1. The third kappa shape index (κ3) is 3.19. The fourth-order valence-corrected chi connectivity index (χ4v) is 3.30. The van der Waals surface area contributed by atoms with Crippen LogP contribution in [0.2, 0.25) is 0 Å². The fourth-order valence-electron chi connectivity index (χ4n) is 1.59. The van der Waals surface area contributed by atoms with Crippen molar-refractivity contribution >= 4 is 35.0 Å². The molecular weight excluding hydrogens is 260 g/mol. The van der Waals surface area contributed by atoms with Gasteiger partial charge in [0.1, 0.15) is 5.69 Å². The molecule has 7 heteroatoms. The van der Waals surface area contributed by atoms with E-state index in [9.17, 15) is 9.59 Å². The molecule has 2 heterocycles. The molecule has 2 rings (SSSR count). The Morgan fingerprint density at radius 1 is 1.53 bits per heavy atom. The monoisotopic (exact) mass is 272 g/mol. The maximum absolute atomic E-state index is 11.8. The Morgan fingerprint density at radius 2 is 2.35 bits per heavy atom. The van der Waals surface area contributed by atoms with Crippen LogP contribution in [-0.2, 0) is 0 Å². The van der Waals surface area contributed by atoms with Gasteiger partial charge in [-0.1, -0.05) is 0 Å². The standard InChI is InChI=1S/C10H12N2O3S2/c13-8(11-6-2-1-3-16-4-6)7-5-17-9(12-7)10(14)15/h5-6H,1-4H2,(H,11,13)(H,14,15). The summed E-state index contributed by atoms with van der Waals surface area (Å²) in [4.78, 5) is 26.2. The molecule has 2 N–H and O–H groups in total. The Labute approximate surface area is 107 Å². The van der Waals surface area contributed by atoms with E-state index in [1.807, 2.05) is 11.8 Å². The van der Waals surface area contributed by atoms with Crippen molar-refractivity contribution in [2.75, 3.05) is 11.5 Å². The first kappa shape index (κ1) is 12.4. The molecule has 0 radical (unpaired) electrons. The van der Waals surface area contributed by atoms with Gasteiger partial charge in [-0.15, -0.1) is 11.3 Å². The fraction of sp³-hybridized carbons (Fsp3) is 0.500. The maximum Gasteiger partial charge on any atom is 0.365 e. The van der Waals surface area contributed by atoms with Gasteiger partial charge in [0.2, 0.25) is 5.01 Å². The Hall–Kier alpha value is -1.08. The van der Waals surface area contributed by atoms with Crippen LogP contribution in [0.1, 0.15) is 33.1 Å². The zero-order valence-electron chi connectivity index (χ0n) is 9.01.